The maximum Gasteiger partial charge on any atom is 0.233 e. The number of ether oxygens (including phenoxy) is 1. The van der Waals surface area contributed by atoms with Crippen molar-refractivity contribution in [1.82, 2.24) is 20.4 Å². The Morgan fingerprint density at radius 3 is 2.19 bits per heavy atom. The van der Waals surface area contributed by atoms with E-state index in [0.717, 1.165) is 18.8 Å². The summed E-state index contributed by atoms with van der Waals surface area (Å²) < 4.78 is 5.68. The van der Waals surface area contributed by atoms with E-state index in [9.17, 15) is 0 Å². The van der Waals surface area contributed by atoms with Gasteiger partial charge in [0.2, 0.25) is 5.88 Å². The van der Waals surface area contributed by atoms with E-state index in [1.54, 1.807) is 0 Å². The number of aromatic nitrogens is 2. The highest BCUT2D eigenvalue weighted by Gasteiger charge is 2.13. The van der Waals surface area contributed by atoms with Gasteiger partial charge in [-0.1, -0.05) is 13.8 Å². The van der Waals surface area contributed by atoms with Crippen molar-refractivity contribution in [3.63, 3.8) is 0 Å². The molecule has 0 atom stereocenters. The van der Waals surface area contributed by atoms with Gasteiger partial charge in [-0.2, -0.15) is 5.10 Å². The molecule has 5 heteroatoms. The van der Waals surface area contributed by atoms with Crippen molar-refractivity contribution in [3.8, 4) is 5.88 Å². The van der Waals surface area contributed by atoms with Gasteiger partial charge in [-0.3, -0.25) is 4.90 Å². The molecule has 0 bridgehead atoms. The lowest BCUT2D eigenvalue weighted by Crippen LogP contribution is -2.39. The van der Waals surface area contributed by atoms with Crippen LogP contribution in [-0.4, -0.2) is 46.4 Å². The quantitative estimate of drug-likeness (QED) is 0.758. The molecule has 0 aliphatic heterocycles. The normalized spacial score (nSPS) is 11.9. The van der Waals surface area contributed by atoms with Gasteiger partial charge in [-0.25, -0.2) is 0 Å². The zero-order chi connectivity index (χ0) is 15.8. The van der Waals surface area contributed by atoms with E-state index in [1.807, 2.05) is 12.1 Å². The molecule has 5 nitrogen and oxygen atoms in total. The maximum atomic E-state index is 5.68. The summed E-state index contributed by atoms with van der Waals surface area (Å²) in [6.45, 7) is 15.3. The molecule has 0 radical (unpaired) electrons. The Bertz CT molecular complexity index is 382. The Balaban J connectivity index is 2.38. The zero-order valence-corrected chi connectivity index (χ0v) is 14.3. The minimum atomic E-state index is 0.445. The molecule has 0 aromatic carbocycles. The summed E-state index contributed by atoms with van der Waals surface area (Å²) in [5.41, 5.74) is 0.932. The molecule has 0 aliphatic carbocycles. The van der Waals surface area contributed by atoms with E-state index in [1.165, 1.54) is 0 Å². The number of hydrogen-bond acceptors (Lipinski definition) is 5. The molecule has 1 N–H and O–H groups in total. The molecule has 0 amide bonds. The zero-order valence-electron chi connectivity index (χ0n) is 14.3. The molecule has 0 aliphatic rings. The molecule has 120 valence electrons. The minimum absolute atomic E-state index is 0.445. The van der Waals surface area contributed by atoms with E-state index >= 15 is 0 Å². The minimum Gasteiger partial charge on any atom is -0.475 e. The SMILES string of the molecule is CC(C)NCc1ccc(OCCN(C(C)C)C(C)C)nn1. The molecule has 1 aromatic rings. The van der Waals surface area contributed by atoms with Crippen LogP contribution in [0.1, 0.15) is 47.2 Å². The van der Waals surface area contributed by atoms with Gasteiger partial charge in [0, 0.05) is 37.3 Å². The van der Waals surface area contributed by atoms with Crippen molar-refractivity contribution in [2.24, 2.45) is 0 Å². The third-order valence-electron chi connectivity index (χ3n) is 3.31. The first-order valence-corrected chi connectivity index (χ1v) is 7.84. The lowest BCUT2D eigenvalue weighted by Gasteiger charge is -2.30. The van der Waals surface area contributed by atoms with Crippen LogP contribution in [0.15, 0.2) is 12.1 Å². The van der Waals surface area contributed by atoms with Crippen LogP contribution < -0.4 is 10.1 Å². The molecule has 1 aromatic heterocycles. The fourth-order valence-corrected chi connectivity index (χ4v) is 2.20. The van der Waals surface area contributed by atoms with Crippen molar-refractivity contribution in [3.05, 3.63) is 17.8 Å². The summed E-state index contributed by atoms with van der Waals surface area (Å²) in [5.74, 6) is 0.593. The van der Waals surface area contributed by atoms with Crippen LogP contribution in [0.3, 0.4) is 0 Å². The average Bonchev–Trinajstić information content (AvgIpc) is 2.41. The van der Waals surface area contributed by atoms with Gasteiger partial charge in [0.05, 0.1) is 5.69 Å². The molecule has 0 unspecified atom stereocenters. The largest absolute Gasteiger partial charge is 0.475 e. The van der Waals surface area contributed by atoms with Crippen LogP contribution in [-0.2, 0) is 6.54 Å². The van der Waals surface area contributed by atoms with Crippen LogP contribution in [0, 0.1) is 0 Å². The average molecular weight is 294 g/mol. The van der Waals surface area contributed by atoms with Crippen LogP contribution in [0.4, 0.5) is 0 Å². The summed E-state index contributed by atoms with van der Waals surface area (Å²) in [4.78, 5) is 2.40. The maximum absolute atomic E-state index is 5.68. The lowest BCUT2D eigenvalue weighted by molar-refractivity contribution is 0.139. The smallest absolute Gasteiger partial charge is 0.233 e. The Labute approximate surface area is 129 Å². The summed E-state index contributed by atoms with van der Waals surface area (Å²) in [6.07, 6.45) is 0. The molecule has 1 rings (SSSR count). The van der Waals surface area contributed by atoms with Gasteiger partial charge in [0.25, 0.3) is 0 Å². The Morgan fingerprint density at radius 2 is 1.71 bits per heavy atom. The molecule has 0 saturated heterocycles. The number of nitrogens with zero attached hydrogens (tertiary/aromatic N) is 3. The van der Waals surface area contributed by atoms with Gasteiger partial charge in [0.15, 0.2) is 0 Å². The standard InChI is InChI=1S/C16H30N4O/c1-12(2)17-11-15-7-8-16(19-18-15)21-10-9-20(13(3)4)14(5)6/h7-8,12-14,17H,9-11H2,1-6H3. The van der Waals surface area contributed by atoms with Crippen molar-refractivity contribution >= 4 is 0 Å². The highest BCUT2D eigenvalue weighted by molar-refractivity contribution is 5.11. The van der Waals surface area contributed by atoms with Crippen molar-refractivity contribution in [1.29, 1.82) is 0 Å². The van der Waals surface area contributed by atoms with E-state index in [4.69, 9.17) is 4.74 Å². The van der Waals surface area contributed by atoms with E-state index in [2.05, 4.69) is 62.0 Å². The molecule has 0 spiro atoms. The van der Waals surface area contributed by atoms with Crippen molar-refractivity contribution in [2.75, 3.05) is 13.2 Å². The summed E-state index contributed by atoms with van der Waals surface area (Å²) >= 11 is 0. The highest BCUT2D eigenvalue weighted by Crippen LogP contribution is 2.07. The second-order valence-corrected chi connectivity index (χ2v) is 6.17. The topological polar surface area (TPSA) is 50.3 Å². The number of nitrogens with one attached hydrogen (secondary N) is 1. The second-order valence-electron chi connectivity index (χ2n) is 6.17. The lowest BCUT2D eigenvalue weighted by atomic mass is 10.2. The van der Waals surface area contributed by atoms with Crippen LogP contribution >= 0.6 is 0 Å². The Hall–Kier alpha value is -1.20. The molecular formula is C16H30N4O. The molecule has 1 heterocycles. The van der Waals surface area contributed by atoms with Gasteiger partial charge in [-0.05, 0) is 33.8 Å². The van der Waals surface area contributed by atoms with Gasteiger partial charge in [0.1, 0.15) is 6.61 Å². The van der Waals surface area contributed by atoms with Crippen LogP contribution in [0.5, 0.6) is 5.88 Å². The first-order chi connectivity index (χ1) is 9.90. The highest BCUT2D eigenvalue weighted by atomic mass is 16.5. The van der Waals surface area contributed by atoms with Crippen molar-refractivity contribution < 1.29 is 4.74 Å². The predicted octanol–water partition coefficient (Wildman–Crippen LogP) is 2.47. The summed E-state index contributed by atoms with van der Waals surface area (Å²) in [7, 11) is 0. The number of rotatable bonds is 9. The Kier molecular flexibility index (Phi) is 7.61. The van der Waals surface area contributed by atoms with Crippen LogP contribution in [0.25, 0.3) is 0 Å². The third kappa shape index (κ3) is 6.87. The molecule has 0 saturated carbocycles. The second kappa shape index (κ2) is 8.95. The van der Waals surface area contributed by atoms with Gasteiger partial charge >= 0.3 is 0 Å². The predicted molar refractivity (Wildman–Crippen MR) is 86.5 cm³/mol. The number of hydrogen-bond donors (Lipinski definition) is 1. The van der Waals surface area contributed by atoms with E-state index < -0.39 is 0 Å². The first-order valence-electron chi connectivity index (χ1n) is 7.84. The van der Waals surface area contributed by atoms with Crippen LogP contribution in [0.2, 0.25) is 0 Å². The van der Waals surface area contributed by atoms with Gasteiger partial charge in [-0.15, -0.1) is 5.10 Å². The Morgan fingerprint density at radius 1 is 1.05 bits per heavy atom. The molecule has 21 heavy (non-hydrogen) atoms. The monoisotopic (exact) mass is 294 g/mol. The third-order valence-corrected chi connectivity index (χ3v) is 3.31. The fourth-order valence-electron chi connectivity index (χ4n) is 2.20. The van der Waals surface area contributed by atoms with Gasteiger partial charge < -0.3 is 10.1 Å². The molecular weight excluding hydrogens is 264 g/mol. The van der Waals surface area contributed by atoms with E-state index in [-0.39, 0.29) is 0 Å². The summed E-state index contributed by atoms with van der Waals surface area (Å²) in [5, 5.41) is 11.6. The fraction of sp³-hybridized carbons (Fsp3) is 0.750. The molecule has 0 fully saturated rings. The van der Waals surface area contributed by atoms with E-state index in [0.29, 0.717) is 30.6 Å². The summed E-state index contributed by atoms with van der Waals surface area (Å²) in [6, 6.07) is 5.33. The van der Waals surface area contributed by atoms with Crippen molar-refractivity contribution in [2.45, 2.75) is 66.2 Å². The first kappa shape index (κ1) is 17.9.